The van der Waals surface area contributed by atoms with Crippen LogP contribution in [0.25, 0.3) is 0 Å². The van der Waals surface area contributed by atoms with Crippen molar-refractivity contribution in [3.05, 3.63) is 71.3 Å². The Morgan fingerprint density at radius 2 is 1.15 bits per heavy atom. The first-order valence-electron chi connectivity index (χ1n) is 13.6. The van der Waals surface area contributed by atoms with Crippen molar-refractivity contribution in [2.45, 2.75) is 111 Å². The van der Waals surface area contributed by atoms with E-state index in [0.29, 0.717) is 0 Å². The lowest BCUT2D eigenvalue weighted by Gasteiger charge is -2.31. The molecule has 0 aliphatic heterocycles. The summed E-state index contributed by atoms with van der Waals surface area (Å²) in [5.74, 6) is -1.65. The first-order valence-corrected chi connectivity index (χ1v) is 13.6. The second-order valence-corrected chi connectivity index (χ2v) is 12.7. The van der Waals surface area contributed by atoms with Crippen LogP contribution >= 0.6 is 0 Å². The number of carbonyl (C=O) groups excluding carboxylic acids is 3. The van der Waals surface area contributed by atoms with E-state index in [-0.39, 0.29) is 6.61 Å². The Bertz CT molecular complexity index is 1120. The van der Waals surface area contributed by atoms with Gasteiger partial charge in [0.1, 0.15) is 16.8 Å². The Kier molecular flexibility index (Phi) is 11.3. The number of esters is 2. The molecule has 0 radical (unpaired) electrons. The summed E-state index contributed by atoms with van der Waals surface area (Å²) in [5.41, 5.74) is 0.582. The van der Waals surface area contributed by atoms with Crippen molar-refractivity contribution in [3.63, 3.8) is 0 Å². The van der Waals surface area contributed by atoms with Gasteiger partial charge < -0.3 is 24.3 Å². The van der Waals surface area contributed by atoms with Crippen LogP contribution < -0.4 is 5.32 Å². The Balaban J connectivity index is 2.30. The Morgan fingerprint density at radius 3 is 1.73 bits per heavy atom. The quantitative estimate of drug-likeness (QED) is 0.286. The zero-order valence-corrected chi connectivity index (χ0v) is 25.3. The van der Waals surface area contributed by atoms with E-state index in [9.17, 15) is 14.4 Å². The predicted molar refractivity (Wildman–Crippen MR) is 154 cm³/mol. The van der Waals surface area contributed by atoms with Crippen LogP contribution in [0.2, 0.25) is 0 Å². The maximum atomic E-state index is 13.3. The highest BCUT2D eigenvalue weighted by Crippen LogP contribution is 2.19. The molecule has 40 heavy (non-hydrogen) atoms. The zero-order valence-electron chi connectivity index (χ0n) is 25.3. The molecule has 0 saturated heterocycles. The van der Waals surface area contributed by atoms with Gasteiger partial charge >= 0.3 is 18.0 Å². The number of ether oxygens (including phenoxy) is 4. The SMILES string of the molecule is CC(C)(C)OC(=O)N[C@H](C(=O)OC(C)(C)C)[C@H](OCc1cccc(CCc2ccccc2)c1)C(=O)OC(C)(C)C. The van der Waals surface area contributed by atoms with Gasteiger partial charge in [-0.05, 0) is 91.8 Å². The van der Waals surface area contributed by atoms with E-state index in [4.69, 9.17) is 18.9 Å². The fraction of sp³-hybridized carbons (Fsp3) is 0.531. The van der Waals surface area contributed by atoms with Crippen LogP contribution in [0, 0.1) is 0 Å². The van der Waals surface area contributed by atoms with Gasteiger partial charge in [-0.15, -0.1) is 0 Å². The van der Waals surface area contributed by atoms with Crippen molar-refractivity contribution in [2.24, 2.45) is 0 Å². The molecule has 0 bridgehead atoms. The molecule has 2 aromatic rings. The number of hydrogen-bond donors (Lipinski definition) is 1. The van der Waals surface area contributed by atoms with Crippen molar-refractivity contribution < 1.29 is 33.3 Å². The smallest absolute Gasteiger partial charge is 0.408 e. The van der Waals surface area contributed by atoms with Gasteiger partial charge in [-0.1, -0.05) is 54.6 Å². The van der Waals surface area contributed by atoms with Gasteiger partial charge in [0.05, 0.1) is 6.61 Å². The number of aryl methyl sites for hydroxylation is 2. The highest BCUT2D eigenvalue weighted by molar-refractivity contribution is 5.89. The molecule has 220 valence electrons. The van der Waals surface area contributed by atoms with Gasteiger partial charge in [0.25, 0.3) is 0 Å². The normalized spacial score (nSPS) is 13.6. The number of benzene rings is 2. The molecule has 0 heterocycles. The lowest BCUT2D eigenvalue weighted by Crippen LogP contribution is -2.56. The molecule has 0 aliphatic rings. The van der Waals surface area contributed by atoms with Crippen molar-refractivity contribution in [1.29, 1.82) is 0 Å². The monoisotopic (exact) mass is 555 g/mol. The Morgan fingerprint density at radius 1 is 0.650 bits per heavy atom. The topological polar surface area (TPSA) is 100 Å². The zero-order chi connectivity index (χ0) is 30.1. The van der Waals surface area contributed by atoms with Gasteiger partial charge in [0, 0.05) is 0 Å². The second-order valence-electron chi connectivity index (χ2n) is 12.7. The van der Waals surface area contributed by atoms with Crippen molar-refractivity contribution in [3.8, 4) is 0 Å². The molecule has 0 aliphatic carbocycles. The third-order valence-electron chi connectivity index (χ3n) is 5.24. The van der Waals surface area contributed by atoms with E-state index >= 15 is 0 Å². The molecule has 0 unspecified atom stereocenters. The van der Waals surface area contributed by atoms with E-state index in [0.717, 1.165) is 24.0 Å². The first kappa shape index (κ1) is 32.8. The van der Waals surface area contributed by atoms with E-state index in [1.807, 2.05) is 42.5 Å². The molecule has 2 aromatic carbocycles. The molecule has 0 fully saturated rings. The minimum atomic E-state index is -1.51. The van der Waals surface area contributed by atoms with E-state index in [1.54, 1.807) is 62.3 Å². The molecule has 1 amide bonds. The summed E-state index contributed by atoms with van der Waals surface area (Å²) in [6.45, 7) is 15.3. The molecular weight excluding hydrogens is 510 g/mol. The van der Waals surface area contributed by atoms with Gasteiger partial charge in [-0.3, -0.25) is 0 Å². The first-order chi connectivity index (χ1) is 18.4. The van der Waals surface area contributed by atoms with Crippen LogP contribution in [0.1, 0.15) is 79.0 Å². The second kappa shape index (κ2) is 13.8. The minimum absolute atomic E-state index is 0.00160. The highest BCUT2D eigenvalue weighted by atomic mass is 16.6. The summed E-state index contributed by atoms with van der Waals surface area (Å²) in [6, 6.07) is 16.5. The van der Waals surface area contributed by atoms with Crippen molar-refractivity contribution in [1.82, 2.24) is 5.32 Å². The van der Waals surface area contributed by atoms with Gasteiger partial charge in [-0.2, -0.15) is 0 Å². The largest absolute Gasteiger partial charge is 0.458 e. The van der Waals surface area contributed by atoms with Crippen LogP contribution in [-0.4, -0.2) is 47.0 Å². The van der Waals surface area contributed by atoms with Gasteiger partial charge in [0.15, 0.2) is 12.1 Å². The molecule has 0 aromatic heterocycles. The maximum Gasteiger partial charge on any atom is 0.408 e. The predicted octanol–water partition coefficient (Wildman–Crippen LogP) is 5.93. The summed E-state index contributed by atoms with van der Waals surface area (Å²) in [4.78, 5) is 39.3. The summed E-state index contributed by atoms with van der Waals surface area (Å²) in [7, 11) is 0. The number of nitrogens with one attached hydrogen (secondary N) is 1. The molecule has 0 saturated carbocycles. The number of hydrogen-bond acceptors (Lipinski definition) is 7. The van der Waals surface area contributed by atoms with Crippen molar-refractivity contribution in [2.75, 3.05) is 0 Å². The van der Waals surface area contributed by atoms with Crippen LogP contribution in [0.3, 0.4) is 0 Å². The van der Waals surface area contributed by atoms with Gasteiger partial charge in [-0.25, -0.2) is 14.4 Å². The van der Waals surface area contributed by atoms with Crippen LogP contribution in [-0.2, 0) is 48.0 Å². The molecule has 8 heteroatoms. The molecule has 2 atom stereocenters. The molecule has 1 N–H and O–H groups in total. The lowest BCUT2D eigenvalue weighted by atomic mass is 10.0. The Labute approximate surface area is 238 Å². The summed E-state index contributed by atoms with van der Waals surface area (Å²) < 4.78 is 22.5. The van der Waals surface area contributed by atoms with Crippen molar-refractivity contribution >= 4 is 18.0 Å². The fourth-order valence-electron chi connectivity index (χ4n) is 3.71. The molecule has 0 spiro atoms. The van der Waals surface area contributed by atoms with E-state index < -0.39 is 47.0 Å². The molecule has 2 rings (SSSR count). The summed E-state index contributed by atoms with van der Waals surface area (Å²) in [5, 5.41) is 2.49. The standard InChI is InChI=1S/C32H45NO7/c1-30(2,3)38-27(34)25(33-29(36)40-32(7,8)9)26(28(35)39-31(4,5)6)37-21-24-17-13-16-23(20-24)19-18-22-14-11-10-12-15-22/h10-17,20,25-26H,18-19,21H2,1-9H3,(H,33,36)/t25-,26-/m0/s1. The minimum Gasteiger partial charge on any atom is -0.458 e. The lowest BCUT2D eigenvalue weighted by molar-refractivity contribution is -0.180. The van der Waals surface area contributed by atoms with E-state index in [1.165, 1.54) is 5.56 Å². The van der Waals surface area contributed by atoms with Crippen LogP contribution in [0.5, 0.6) is 0 Å². The van der Waals surface area contributed by atoms with Crippen LogP contribution in [0.4, 0.5) is 4.79 Å². The number of alkyl carbamates (subject to hydrolysis) is 1. The Hall–Kier alpha value is -3.39. The maximum absolute atomic E-state index is 13.3. The number of rotatable bonds is 10. The van der Waals surface area contributed by atoms with Gasteiger partial charge in [0.2, 0.25) is 0 Å². The van der Waals surface area contributed by atoms with E-state index in [2.05, 4.69) is 17.4 Å². The highest BCUT2D eigenvalue weighted by Gasteiger charge is 2.42. The third kappa shape index (κ3) is 12.6. The fourth-order valence-corrected chi connectivity index (χ4v) is 3.71. The van der Waals surface area contributed by atoms with Crippen LogP contribution in [0.15, 0.2) is 54.6 Å². The average molecular weight is 556 g/mol. The molecular formula is C32H45NO7. The summed E-state index contributed by atoms with van der Waals surface area (Å²) in [6.07, 6.45) is -0.668. The third-order valence-corrected chi connectivity index (χ3v) is 5.24. The number of amides is 1. The number of carbonyl (C=O) groups is 3. The average Bonchev–Trinajstić information content (AvgIpc) is 2.79. The molecule has 8 nitrogen and oxygen atoms in total. The summed E-state index contributed by atoms with van der Waals surface area (Å²) >= 11 is 0.